The monoisotopic (exact) mass is 386 g/mol. The fraction of sp³-hybridized carbons (Fsp3) is 0.667. The molecule has 1 aliphatic heterocycles. The van der Waals surface area contributed by atoms with Gasteiger partial charge in [0.1, 0.15) is 4.90 Å². The van der Waals surface area contributed by atoms with Crippen LogP contribution in [0.15, 0.2) is 17.3 Å². The van der Waals surface area contributed by atoms with Crippen LogP contribution in [0.2, 0.25) is 0 Å². The normalized spacial score (nSPS) is 17.9. The predicted molar refractivity (Wildman–Crippen MR) is 94.4 cm³/mol. The van der Waals surface area contributed by atoms with Crippen LogP contribution in [0.3, 0.4) is 0 Å². The number of carbonyl (C=O) groups is 2. The van der Waals surface area contributed by atoms with Crippen molar-refractivity contribution < 1.29 is 18.0 Å². The number of likely N-dealkylation sites (tertiary alicyclic amines) is 1. The molecule has 4 N–H and O–H groups in total. The molecule has 1 atom stereocenters. The zero-order valence-electron chi connectivity index (χ0n) is 14.8. The highest BCUT2D eigenvalue weighted by Gasteiger charge is 2.28. The van der Waals surface area contributed by atoms with Crippen LogP contribution >= 0.6 is 0 Å². The van der Waals surface area contributed by atoms with Crippen molar-refractivity contribution in [2.45, 2.75) is 36.6 Å². The first-order valence-corrected chi connectivity index (χ1v) is 10.1. The van der Waals surface area contributed by atoms with E-state index >= 15 is 0 Å². The van der Waals surface area contributed by atoms with E-state index < -0.39 is 10.0 Å². The lowest BCUT2D eigenvalue weighted by Crippen LogP contribution is -2.52. The van der Waals surface area contributed by atoms with Crippen molar-refractivity contribution in [1.82, 2.24) is 24.7 Å². The van der Waals surface area contributed by atoms with Crippen molar-refractivity contribution >= 4 is 21.8 Å². The topological polar surface area (TPSA) is 139 Å². The van der Waals surface area contributed by atoms with E-state index in [2.05, 4.69) is 15.1 Å². The Balaban J connectivity index is 1.92. The van der Waals surface area contributed by atoms with E-state index in [1.165, 1.54) is 17.1 Å². The van der Waals surface area contributed by atoms with Crippen LogP contribution in [-0.2, 0) is 26.7 Å². The molecule has 0 bridgehead atoms. The molecule has 2 rings (SSSR count). The summed E-state index contributed by atoms with van der Waals surface area (Å²) in [7, 11) is -2.18. The van der Waals surface area contributed by atoms with Crippen molar-refractivity contribution in [2.24, 2.45) is 12.8 Å². The molecule has 1 unspecified atom stereocenters. The molecule has 146 valence electrons. The van der Waals surface area contributed by atoms with E-state index in [-0.39, 0.29) is 42.3 Å². The second kappa shape index (κ2) is 9.10. The van der Waals surface area contributed by atoms with Gasteiger partial charge in [-0.25, -0.2) is 13.1 Å². The van der Waals surface area contributed by atoms with Gasteiger partial charge in [0.05, 0.1) is 12.7 Å². The molecule has 1 fully saturated rings. The minimum absolute atomic E-state index is 0.0112. The van der Waals surface area contributed by atoms with Gasteiger partial charge < -0.3 is 16.0 Å². The number of hydrogen-bond acceptors (Lipinski definition) is 6. The number of amides is 2. The Morgan fingerprint density at radius 1 is 1.38 bits per heavy atom. The van der Waals surface area contributed by atoms with E-state index in [1.807, 2.05) is 0 Å². The molecule has 2 amide bonds. The molecule has 26 heavy (non-hydrogen) atoms. The van der Waals surface area contributed by atoms with E-state index in [4.69, 9.17) is 5.73 Å². The van der Waals surface area contributed by atoms with E-state index in [9.17, 15) is 18.0 Å². The summed E-state index contributed by atoms with van der Waals surface area (Å²) in [6, 6.07) is -0.138. The Labute approximate surface area is 153 Å². The molecule has 1 aromatic rings. The number of carbonyl (C=O) groups excluding carboxylic acids is 2. The quantitative estimate of drug-likeness (QED) is 0.499. The molecule has 2 heterocycles. The molecule has 0 spiro atoms. The van der Waals surface area contributed by atoms with E-state index in [1.54, 1.807) is 11.9 Å². The largest absolute Gasteiger partial charge is 0.354 e. The SMILES string of the molecule is Cn1cc(S(=O)(=O)NCC(=O)N2CCCCC2CNC(=O)CCN)cn1. The van der Waals surface area contributed by atoms with Crippen molar-refractivity contribution in [2.75, 3.05) is 26.2 Å². The van der Waals surface area contributed by atoms with Crippen molar-refractivity contribution in [1.29, 1.82) is 0 Å². The summed E-state index contributed by atoms with van der Waals surface area (Å²) in [6.07, 6.45) is 5.42. The van der Waals surface area contributed by atoms with Crippen LogP contribution in [0.4, 0.5) is 0 Å². The summed E-state index contributed by atoms with van der Waals surface area (Å²) in [5.74, 6) is -0.460. The molecule has 0 aliphatic carbocycles. The summed E-state index contributed by atoms with van der Waals surface area (Å²) in [5, 5.41) is 6.60. The number of aromatic nitrogens is 2. The highest BCUT2D eigenvalue weighted by Crippen LogP contribution is 2.17. The summed E-state index contributed by atoms with van der Waals surface area (Å²) in [5.41, 5.74) is 5.35. The van der Waals surface area contributed by atoms with E-state index in [0.717, 1.165) is 19.3 Å². The maximum atomic E-state index is 12.5. The number of rotatable bonds is 8. The maximum Gasteiger partial charge on any atom is 0.244 e. The lowest BCUT2D eigenvalue weighted by atomic mass is 10.0. The van der Waals surface area contributed by atoms with Crippen molar-refractivity contribution in [3.63, 3.8) is 0 Å². The fourth-order valence-corrected chi connectivity index (χ4v) is 3.83. The average Bonchev–Trinajstić information content (AvgIpc) is 3.06. The van der Waals surface area contributed by atoms with Crippen LogP contribution in [0, 0.1) is 0 Å². The molecule has 1 aliphatic rings. The molecule has 0 aromatic carbocycles. The van der Waals surface area contributed by atoms with Crippen LogP contribution in [0.25, 0.3) is 0 Å². The van der Waals surface area contributed by atoms with Crippen molar-refractivity contribution in [3.8, 4) is 0 Å². The first-order valence-electron chi connectivity index (χ1n) is 8.58. The van der Waals surface area contributed by atoms with Gasteiger partial charge in [-0.2, -0.15) is 5.10 Å². The molecular weight excluding hydrogens is 360 g/mol. The van der Waals surface area contributed by atoms with Gasteiger partial charge in [0.2, 0.25) is 21.8 Å². The Hall–Kier alpha value is -1.98. The third-order valence-electron chi connectivity index (χ3n) is 4.26. The fourth-order valence-electron chi connectivity index (χ4n) is 2.87. The molecule has 1 saturated heterocycles. The van der Waals surface area contributed by atoms with Crippen LogP contribution < -0.4 is 15.8 Å². The number of aryl methyl sites for hydroxylation is 1. The minimum Gasteiger partial charge on any atom is -0.354 e. The number of sulfonamides is 1. The predicted octanol–water partition coefficient (Wildman–Crippen LogP) is -1.46. The third kappa shape index (κ3) is 5.51. The molecular formula is C15H26N6O4S. The zero-order valence-corrected chi connectivity index (χ0v) is 15.7. The van der Waals surface area contributed by atoms with Crippen LogP contribution in [0.1, 0.15) is 25.7 Å². The number of nitrogens with two attached hydrogens (primary N) is 1. The number of piperidine rings is 1. The number of nitrogens with one attached hydrogen (secondary N) is 2. The lowest BCUT2D eigenvalue weighted by Gasteiger charge is -2.36. The van der Waals surface area contributed by atoms with Gasteiger partial charge in [-0.1, -0.05) is 0 Å². The van der Waals surface area contributed by atoms with Gasteiger partial charge in [0.15, 0.2) is 0 Å². The Kier molecular flexibility index (Phi) is 7.12. The molecule has 0 saturated carbocycles. The average molecular weight is 386 g/mol. The zero-order chi connectivity index (χ0) is 19.2. The highest BCUT2D eigenvalue weighted by molar-refractivity contribution is 7.89. The standard InChI is InChI=1S/C15H26N6O4S/c1-20-11-13(9-18-20)26(24,25)19-10-15(23)21-7-3-2-4-12(21)8-17-14(22)5-6-16/h9,11-12,19H,2-8,10,16H2,1H3,(H,17,22). The Bertz CT molecular complexity index is 732. The van der Waals surface area contributed by atoms with Gasteiger partial charge in [-0.15, -0.1) is 0 Å². The molecule has 0 radical (unpaired) electrons. The summed E-state index contributed by atoms with van der Waals surface area (Å²) in [6.45, 7) is 0.838. The minimum atomic E-state index is -3.79. The van der Waals surface area contributed by atoms with Gasteiger partial charge in [-0.3, -0.25) is 14.3 Å². The Morgan fingerprint density at radius 2 is 2.15 bits per heavy atom. The lowest BCUT2D eigenvalue weighted by molar-refractivity contribution is -0.134. The van der Waals surface area contributed by atoms with Gasteiger partial charge in [0, 0.05) is 45.3 Å². The maximum absolute atomic E-state index is 12.5. The smallest absolute Gasteiger partial charge is 0.244 e. The first kappa shape index (κ1) is 20.3. The summed E-state index contributed by atoms with van der Waals surface area (Å²) < 4.78 is 28.1. The van der Waals surface area contributed by atoms with Gasteiger partial charge in [-0.05, 0) is 19.3 Å². The second-order valence-corrected chi connectivity index (χ2v) is 8.02. The summed E-state index contributed by atoms with van der Waals surface area (Å²) in [4.78, 5) is 25.7. The molecule has 10 nitrogen and oxygen atoms in total. The number of hydrogen-bond donors (Lipinski definition) is 3. The van der Waals surface area contributed by atoms with Crippen LogP contribution in [0.5, 0.6) is 0 Å². The number of nitrogens with zero attached hydrogens (tertiary/aromatic N) is 3. The molecule has 11 heteroatoms. The molecule has 1 aromatic heterocycles. The van der Waals surface area contributed by atoms with Crippen LogP contribution in [-0.4, -0.2) is 67.1 Å². The highest BCUT2D eigenvalue weighted by atomic mass is 32.2. The van der Waals surface area contributed by atoms with Gasteiger partial charge >= 0.3 is 0 Å². The van der Waals surface area contributed by atoms with E-state index in [0.29, 0.717) is 13.1 Å². The second-order valence-electron chi connectivity index (χ2n) is 6.25. The Morgan fingerprint density at radius 3 is 2.81 bits per heavy atom. The van der Waals surface area contributed by atoms with Gasteiger partial charge in [0.25, 0.3) is 0 Å². The third-order valence-corrected chi connectivity index (χ3v) is 5.61. The first-order chi connectivity index (χ1) is 12.3. The summed E-state index contributed by atoms with van der Waals surface area (Å²) >= 11 is 0. The van der Waals surface area contributed by atoms with Crippen molar-refractivity contribution in [3.05, 3.63) is 12.4 Å².